The molecule has 2 aromatic rings. The van der Waals surface area contributed by atoms with Gasteiger partial charge < -0.3 is 15.0 Å². The summed E-state index contributed by atoms with van der Waals surface area (Å²) in [5, 5.41) is 2.90. The summed E-state index contributed by atoms with van der Waals surface area (Å²) in [5.74, 6) is -0.165. The van der Waals surface area contributed by atoms with E-state index in [1.165, 1.54) is 19.2 Å². The van der Waals surface area contributed by atoms with E-state index in [0.29, 0.717) is 6.54 Å². The molecule has 0 aliphatic heterocycles. The summed E-state index contributed by atoms with van der Waals surface area (Å²) in [6.07, 6.45) is 0. The van der Waals surface area contributed by atoms with Crippen molar-refractivity contribution >= 4 is 15.9 Å². The molecule has 0 saturated carbocycles. The second-order valence-electron chi connectivity index (χ2n) is 7.24. The smallest absolute Gasteiger partial charge is 0.251 e. The number of carbonyl (C=O) groups excluding carboxylic acids is 1. The molecule has 0 aliphatic rings. The lowest BCUT2D eigenvalue weighted by molar-refractivity contribution is 0.0941. The van der Waals surface area contributed by atoms with E-state index in [2.05, 4.69) is 10.0 Å². The van der Waals surface area contributed by atoms with Gasteiger partial charge in [0.25, 0.3) is 5.91 Å². The molecule has 29 heavy (non-hydrogen) atoms. The van der Waals surface area contributed by atoms with Crippen molar-refractivity contribution in [2.45, 2.75) is 30.8 Å². The Morgan fingerprint density at radius 1 is 1.10 bits per heavy atom. The van der Waals surface area contributed by atoms with E-state index in [-0.39, 0.29) is 34.2 Å². The van der Waals surface area contributed by atoms with Crippen LogP contribution in [0.3, 0.4) is 0 Å². The van der Waals surface area contributed by atoms with Crippen LogP contribution in [0.1, 0.15) is 35.8 Å². The number of likely N-dealkylation sites (N-methyl/N-ethyl adjacent to an activating group) is 1. The zero-order valence-electron chi connectivity index (χ0n) is 17.5. The molecule has 2 N–H and O–H groups in total. The number of nitrogens with one attached hydrogen (secondary N) is 2. The SMILES string of the molecule is COc1ccc(C(=O)NCC(c2ccccc2)N(C)C)cc1S(=O)(=O)NC(C)C. The molecule has 0 saturated heterocycles. The fourth-order valence-corrected chi connectivity index (χ4v) is 4.41. The van der Waals surface area contributed by atoms with E-state index in [1.54, 1.807) is 19.9 Å². The van der Waals surface area contributed by atoms with Crippen LogP contribution in [0.4, 0.5) is 0 Å². The summed E-state index contributed by atoms with van der Waals surface area (Å²) in [7, 11) is 1.47. The Balaban J connectivity index is 2.23. The normalized spacial score (nSPS) is 12.8. The fraction of sp³-hybridized carbons (Fsp3) is 0.381. The maximum Gasteiger partial charge on any atom is 0.251 e. The Morgan fingerprint density at radius 2 is 1.76 bits per heavy atom. The van der Waals surface area contributed by atoms with Crippen LogP contribution in [-0.2, 0) is 10.0 Å². The van der Waals surface area contributed by atoms with Crippen molar-refractivity contribution in [3.63, 3.8) is 0 Å². The number of amides is 1. The van der Waals surface area contributed by atoms with Gasteiger partial charge in [-0.2, -0.15) is 0 Å². The Hall–Kier alpha value is -2.42. The molecule has 8 heteroatoms. The molecule has 0 radical (unpaired) electrons. The van der Waals surface area contributed by atoms with Gasteiger partial charge in [0.2, 0.25) is 10.0 Å². The fourth-order valence-electron chi connectivity index (χ4n) is 2.97. The lowest BCUT2D eigenvalue weighted by atomic mass is 10.1. The van der Waals surface area contributed by atoms with Crippen LogP contribution in [0.15, 0.2) is 53.4 Å². The molecule has 1 atom stereocenters. The largest absolute Gasteiger partial charge is 0.495 e. The number of sulfonamides is 1. The van der Waals surface area contributed by atoms with Gasteiger partial charge in [0, 0.05) is 18.2 Å². The summed E-state index contributed by atoms with van der Waals surface area (Å²) >= 11 is 0. The third kappa shape index (κ3) is 6.03. The number of carbonyl (C=O) groups is 1. The van der Waals surface area contributed by atoms with Crippen LogP contribution >= 0.6 is 0 Å². The third-order valence-electron chi connectivity index (χ3n) is 4.37. The lowest BCUT2D eigenvalue weighted by Gasteiger charge is -2.25. The van der Waals surface area contributed by atoms with Crippen LogP contribution in [0.25, 0.3) is 0 Å². The minimum absolute atomic E-state index is 0.00999. The van der Waals surface area contributed by atoms with Gasteiger partial charge in [0.15, 0.2) is 0 Å². The highest BCUT2D eigenvalue weighted by Crippen LogP contribution is 2.25. The summed E-state index contributed by atoms with van der Waals surface area (Å²) in [6, 6.07) is 14.0. The Bertz CT molecular complexity index is 928. The predicted molar refractivity (Wildman–Crippen MR) is 114 cm³/mol. The molecule has 0 heterocycles. The predicted octanol–water partition coefficient (Wildman–Crippen LogP) is 2.41. The van der Waals surface area contributed by atoms with E-state index < -0.39 is 10.0 Å². The van der Waals surface area contributed by atoms with Gasteiger partial charge in [0.1, 0.15) is 10.6 Å². The highest BCUT2D eigenvalue weighted by Gasteiger charge is 2.23. The average molecular weight is 420 g/mol. The molecule has 0 spiro atoms. The van der Waals surface area contributed by atoms with Gasteiger partial charge in [-0.3, -0.25) is 4.79 Å². The maximum atomic E-state index is 12.7. The van der Waals surface area contributed by atoms with Crippen LogP contribution in [-0.4, -0.2) is 53.0 Å². The molecule has 0 fully saturated rings. The second-order valence-corrected chi connectivity index (χ2v) is 8.92. The molecule has 0 aliphatic carbocycles. The highest BCUT2D eigenvalue weighted by atomic mass is 32.2. The van der Waals surface area contributed by atoms with Crippen molar-refractivity contribution in [2.75, 3.05) is 27.7 Å². The monoisotopic (exact) mass is 419 g/mol. The van der Waals surface area contributed by atoms with Gasteiger partial charge in [-0.1, -0.05) is 30.3 Å². The highest BCUT2D eigenvalue weighted by molar-refractivity contribution is 7.89. The molecule has 158 valence electrons. The number of hydrogen-bond acceptors (Lipinski definition) is 5. The first-order valence-electron chi connectivity index (χ1n) is 9.35. The first kappa shape index (κ1) is 22.9. The Kier molecular flexibility index (Phi) is 7.78. The van der Waals surface area contributed by atoms with Crippen LogP contribution < -0.4 is 14.8 Å². The summed E-state index contributed by atoms with van der Waals surface area (Å²) in [4.78, 5) is 14.7. The minimum atomic E-state index is -3.81. The van der Waals surface area contributed by atoms with E-state index in [1.807, 2.05) is 49.3 Å². The number of hydrogen-bond donors (Lipinski definition) is 2. The zero-order valence-corrected chi connectivity index (χ0v) is 18.3. The summed E-state index contributed by atoms with van der Waals surface area (Å²) < 4.78 is 32.9. The average Bonchev–Trinajstić information content (AvgIpc) is 2.67. The van der Waals surface area contributed by atoms with Crippen molar-refractivity contribution in [3.8, 4) is 5.75 Å². The van der Waals surface area contributed by atoms with Gasteiger partial charge in [-0.05, 0) is 51.7 Å². The first-order valence-corrected chi connectivity index (χ1v) is 10.8. The second kappa shape index (κ2) is 9.87. The summed E-state index contributed by atoms with van der Waals surface area (Å²) in [5.41, 5.74) is 1.33. The maximum absolute atomic E-state index is 12.7. The van der Waals surface area contributed by atoms with Gasteiger partial charge in [-0.15, -0.1) is 0 Å². The number of benzene rings is 2. The number of nitrogens with zero attached hydrogens (tertiary/aromatic N) is 1. The molecule has 1 unspecified atom stereocenters. The third-order valence-corrected chi connectivity index (χ3v) is 6.05. The van der Waals surface area contributed by atoms with Crippen LogP contribution in [0.5, 0.6) is 5.75 Å². The van der Waals surface area contributed by atoms with Crippen molar-refractivity contribution in [3.05, 3.63) is 59.7 Å². The topological polar surface area (TPSA) is 87.7 Å². The van der Waals surface area contributed by atoms with Gasteiger partial charge >= 0.3 is 0 Å². The first-order chi connectivity index (χ1) is 13.7. The lowest BCUT2D eigenvalue weighted by Crippen LogP contribution is -2.35. The number of methoxy groups -OCH3 is 1. The molecule has 2 aromatic carbocycles. The van der Waals surface area contributed by atoms with Crippen LogP contribution in [0.2, 0.25) is 0 Å². The molecule has 0 bridgehead atoms. The number of rotatable bonds is 9. The molecule has 2 rings (SSSR count). The van der Waals surface area contributed by atoms with Crippen molar-refractivity contribution in [1.29, 1.82) is 0 Å². The zero-order chi connectivity index (χ0) is 21.6. The Morgan fingerprint density at radius 3 is 2.31 bits per heavy atom. The van der Waals surface area contributed by atoms with E-state index in [9.17, 15) is 13.2 Å². The van der Waals surface area contributed by atoms with E-state index >= 15 is 0 Å². The number of ether oxygens (including phenoxy) is 1. The summed E-state index contributed by atoms with van der Waals surface area (Å²) in [6.45, 7) is 3.84. The van der Waals surface area contributed by atoms with Gasteiger partial charge in [-0.25, -0.2) is 13.1 Å². The quantitative estimate of drug-likeness (QED) is 0.652. The van der Waals surface area contributed by atoms with Crippen molar-refractivity contribution in [2.24, 2.45) is 0 Å². The van der Waals surface area contributed by atoms with E-state index in [4.69, 9.17) is 4.74 Å². The van der Waals surface area contributed by atoms with Crippen LogP contribution in [0, 0.1) is 0 Å². The van der Waals surface area contributed by atoms with Crippen molar-refractivity contribution < 1.29 is 17.9 Å². The Labute approximate surface area is 173 Å². The molecule has 0 aromatic heterocycles. The molecular formula is C21H29N3O4S. The van der Waals surface area contributed by atoms with Crippen molar-refractivity contribution in [1.82, 2.24) is 14.9 Å². The van der Waals surface area contributed by atoms with E-state index in [0.717, 1.165) is 5.56 Å². The van der Waals surface area contributed by atoms with Gasteiger partial charge in [0.05, 0.1) is 13.2 Å². The minimum Gasteiger partial charge on any atom is -0.495 e. The standard InChI is InChI=1S/C21H29N3O4S/c1-15(2)23-29(26,27)20-13-17(11-12-19(20)28-5)21(25)22-14-18(24(3)4)16-9-7-6-8-10-16/h6-13,15,18,23H,14H2,1-5H3,(H,22,25). The molecule has 1 amide bonds. The molecular weight excluding hydrogens is 390 g/mol. The molecule has 7 nitrogen and oxygen atoms in total.